The van der Waals surface area contributed by atoms with E-state index < -0.39 is 11.9 Å². The molecule has 0 saturated heterocycles. The fourth-order valence-electron chi connectivity index (χ4n) is 2.42. The molecule has 0 N–H and O–H groups in total. The van der Waals surface area contributed by atoms with Crippen molar-refractivity contribution in [1.29, 1.82) is 0 Å². The van der Waals surface area contributed by atoms with Crippen LogP contribution in [0.25, 0.3) is 0 Å². The third-order valence-corrected chi connectivity index (χ3v) is 3.64. The Hall–Kier alpha value is -2.43. The molecule has 2 atom stereocenters. The first-order valence-corrected chi connectivity index (χ1v) is 6.75. The van der Waals surface area contributed by atoms with E-state index in [0.717, 1.165) is 5.56 Å². The predicted molar refractivity (Wildman–Crippen MR) is 75.3 cm³/mol. The minimum absolute atomic E-state index is 0.249. The molecule has 0 unspecified atom stereocenters. The standard InChI is InChI=1S/C16H14FNO3/c17-12-6-7-16(21-10-11-4-2-1-3-5-11)14(8-12)13-9-15(13)18(19)20/h1-8,13,15H,9-10H2/t13-,15+/m0/s1. The smallest absolute Gasteiger partial charge is 0.221 e. The highest BCUT2D eigenvalue weighted by atomic mass is 19.1. The molecule has 1 aliphatic carbocycles. The molecule has 108 valence electrons. The van der Waals surface area contributed by atoms with Crippen molar-refractivity contribution in [3.05, 3.63) is 75.6 Å². The summed E-state index contributed by atoms with van der Waals surface area (Å²) in [5.41, 5.74) is 1.59. The summed E-state index contributed by atoms with van der Waals surface area (Å²) in [6, 6.07) is 13.2. The van der Waals surface area contributed by atoms with Crippen molar-refractivity contribution in [3.63, 3.8) is 0 Å². The van der Waals surface area contributed by atoms with Crippen molar-refractivity contribution in [3.8, 4) is 5.75 Å². The minimum Gasteiger partial charge on any atom is -0.489 e. The number of ether oxygens (including phenoxy) is 1. The molecule has 0 aromatic heterocycles. The van der Waals surface area contributed by atoms with Gasteiger partial charge in [-0.3, -0.25) is 10.1 Å². The fourth-order valence-corrected chi connectivity index (χ4v) is 2.42. The molecule has 1 saturated carbocycles. The van der Waals surface area contributed by atoms with E-state index >= 15 is 0 Å². The van der Waals surface area contributed by atoms with Gasteiger partial charge in [-0.15, -0.1) is 0 Å². The van der Waals surface area contributed by atoms with Gasteiger partial charge in [-0.25, -0.2) is 4.39 Å². The number of halogens is 1. The average Bonchev–Trinajstić information content (AvgIpc) is 3.27. The van der Waals surface area contributed by atoms with E-state index in [4.69, 9.17) is 4.74 Å². The molecule has 5 heteroatoms. The molecule has 0 amide bonds. The number of hydrogen-bond acceptors (Lipinski definition) is 3. The first-order valence-electron chi connectivity index (χ1n) is 6.75. The third kappa shape index (κ3) is 3.02. The monoisotopic (exact) mass is 287 g/mol. The summed E-state index contributed by atoms with van der Waals surface area (Å²) in [7, 11) is 0. The molecule has 3 rings (SSSR count). The van der Waals surface area contributed by atoms with Gasteiger partial charge in [0.05, 0.1) is 5.92 Å². The van der Waals surface area contributed by atoms with Crippen LogP contribution in [0.3, 0.4) is 0 Å². The Balaban J connectivity index is 1.77. The van der Waals surface area contributed by atoms with Crippen LogP contribution in [0.15, 0.2) is 48.5 Å². The zero-order chi connectivity index (χ0) is 14.8. The predicted octanol–water partition coefficient (Wildman–Crippen LogP) is 3.54. The highest BCUT2D eigenvalue weighted by Crippen LogP contribution is 2.46. The van der Waals surface area contributed by atoms with Crippen LogP contribution < -0.4 is 4.74 Å². The van der Waals surface area contributed by atoms with Crippen molar-refractivity contribution >= 4 is 0 Å². The van der Waals surface area contributed by atoms with Gasteiger partial charge in [0, 0.05) is 16.9 Å². The van der Waals surface area contributed by atoms with E-state index in [-0.39, 0.29) is 10.8 Å². The molecule has 0 bridgehead atoms. The van der Waals surface area contributed by atoms with Crippen molar-refractivity contribution < 1.29 is 14.1 Å². The van der Waals surface area contributed by atoms with Crippen LogP contribution in [0.4, 0.5) is 4.39 Å². The van der Waals surface area contributed by atoms with Crippen LogP contribution in [0.1, 0.15) is 23.5 Å². The number of benzene rings is 2. The Kier molecular flexibility index (Phi) is 3.56. The quantitative estimate of drug-likeness (QED) is 0.624. The normalized spacial score (nSPS) is 20.0. The van der Waals surface area contributed by atoms with Gasteiger partial charge in [-0.2, -0.15) is 0 Å². The summed E-state index contributed by atoms with van der Waals surface area (Å²) in [6.45, 7) is 0.356. The molecule has 0 spiro atoms. The van der Waals surface area contributed by atoms with E-state index in [0.29, 0.717) is 24.3 Å². The molecule has 4 nitrogen and oxygen atoms in total. The average molecular weight is 287 g/mol. The van der Waals surface area contributed by atoms with Gasteiger partial charge in [0.2, 0.25) is 6.04 Å². The molecular weight excluding hydrogens is 273 g/mol. The maximum atomic E-state index is 13.4. The van der Waals surface area contributed by atoms with Crippen LogP contribution in [0.5, 0.6) is 5.75 Å². The first-order chi connectivity index (χ1) is 10.1. The van der Waals surface area contributed by atoms with E-state index in [1.165, 1.54) is 12.1 Å². The van der Waals surface area contributed by atoms with E-state index in [1.807, 2.05) is 30.3 Å². The Morgan fingerprint density at radius 1 is 1.24 bits per heavy atom. The molecule has 0 aliphatic heterocycles. The Bertz CT molecular complexity index is 660. The van der Waals surface area contributed by atoms with Crippen LogP contribution in [0.2, 0.25) is 0 Å². The molecule has 1 fully saturated rings. The lowest BCUT2D eigenvalue weighted by atomic mass is 10.1. The molecule has 0 heterocycles. The summed E-state index contributed by atoms with van der Waals surface area (Å²) < 4.78 is 19.1. The van der Waals surface area contributed by atoms with Gasteiger partial charge >= 0.3 is 0 Å². The summed E-state index contributed by atoms with van der Waals surface area (Å²) >= 11 is 0. The lowest BCUT2D eigenvalue weighted by Crippen LogP contribution is -2.05. The molecule has 21 heavy (non-hydrogen) atoms. The maximum Gasteiger partial charge on any atom is 0.221 e. The largest absolute Gasteiger partial charge is 0.489 e. The second-order valence-corrected chi connectivity index (χ2v) is 5.15. The van der Waals surface area contributed by atoms with E-state index in [2.05, 4.69) is 0 Å². The zero-order valence-electron chi connectivity index (χ0n) is 11.2. The summed E-state index contributed by atoms with van der Waals surface area (Å²) in [6.07, 6.45) is 0.443. The number of hydrogen-bond donors (Lipinski definition) is 0. The zero-order valence-corrected chi connectivity index (χ0v) is 11.2. The second kappa shape index (κ2) is 5.52. The third-order valence-electron chi connectivity index (χ3n) is 3.64. The maximum absolute atomic E-state index is 13.4. The van der Waals surface area contributed by atoms with Gasteiger partial charge in [-0.05, 0) is 23.8 Å². The highest BCUT2D eigenvalue weighted by molar-refractivity contribution is 5.40. The molecule has 0 radical (unpaired) electrons. The Labute approximate surface area is 121 Å². The van der Waals surface area contributed by atoms with Gasteiger partial charge < -0.3 is 4.74 Å². The van der Waals surface area contributed by atoms with Crippen molar-refractivity contribution in [1.82, 2.24) is 0 Å². The number of nitrogens with zero attached hydrogens (tertiary/aromatic N) is 1. The molecule has 2 aromatic carbocycles. The lowest BCUT2D eigenvalue weighted by molar-refractivity contribution is -0.496. The first kappa shape index (κ1) is 13.5. The van der Waals surface area contributed by atoms with Gasteiger partial charge in [0.25, 0.3) is 0 Å². The summed E-state index contributed by atoms with van der Waals surface area (Å²) in [5, 5.41) is 10.8. The second-order valence-electron chi connectivity index (χ2n) is 5.15. The van der Waals surface area contributed by atoms with Gasteiger partial charge in [0.15, 0.2) is 0 Å². The van der Waals surface area contributed by atoms with Crippen LogP contribution in [-0.2, 0) is 6.61 Å². The van der Waals surface area contributed by atoms with Crippen molar-refractivity contribution in [2.24, 2.45) is 0 Å². The molecule has 2 aromatic rings. The van der Waals surface area contributed by atoms with Gasteiger partial charge in [-0.1, -0.05) is 30.3 Å². The molecule has 1 aliphatic rings. The Morgan fingerprint density at radius 3 is 2.67 bits per heavy atom. The van der Waals surface area contributed by atoms with Crippen molar-refractivity contribution in [2.45, 2.75) is 25.0 Å². The summed E-state index contributed by atoms with van der Waals surface area (Å²) in [5.74, 6) is -0.123. The lowest BCUT2D eigenvalue weighted by Gasteiger charge is -2.11. The van der Waals surface area contributed by atoms with Gasteiger partial charge in [0.1, 0.15) is 18.2 Å². The number of rotatable bonds is 5. The van der Waals surface area contributed by atoms with Crippen LogP contribution >= 0.6 is 0 Å². The topological polar surface area (TPSA) is 52.4 Å². The summed E-state index contributed by atoms with van der Waals surface area (Å²) in [4.78, 5) is 10.5. The fraction of sp³-hybridized carbons (Fsp3) is 0.250. The van der Waals surface area contributed by atoms with E-state index in [9.17, 15) is 14.5 Å². The van der Waals surface area contributed by atoms with Crippen LogP contribution in [0, 0.1) is 15.9 Å². The number of nitro groups is 1. The van der Waals surface area contributed by atoms with Crippen LogP contribution in [-0.4, -0.2) is 11.0 Å². The minimum atomic E-state index is -0.620. The van der Waals surface area contributed by atoms with E-state index in [1.54, 1.807) is 6.07 Å². The Morgan fingerprint density at radius 2 is 2.00 bits per heavy atom. The SMILES string of the molecule is O=[N+]([O-])[C@@H]1C[C@H]1c1cc(F)ccc1OCc1ccccc1. The highest BCUT2D eigenvalue weighted by Gasteiger charge is 2.50. The van der Waals surface area contributed by atoms with Crippen molar-refractivity contribution in [2.75, 3.05) is 0 Å². The molecular formula is C16H14FNO3.